The van der Waals surface area contributed by atoms with Crippen molar-refractivity contribution in [2.75, 3.05) is 19.4 Å². The summed E-state index contributed by atoms with van der Waals surface area (Å²) in [6.45, 7) is 0.484. The molecular formula is C15H16ClN3O2. The van der Waals surface area contributed by atoms with Crippen LogP contribution in [-0.4, -0.2) is 35.0 Å². The molecule has 0 radical (unpaired) electrons. The topological polar surface area (TPSA) is 65.5 Å². The van der Waals surface area contributed by atoms with Crippen molar-refractivity contribution in [2.24, 2.45) is 0 Å². The number of carbonyl (C=O) groups is 1. The fourth-order valence-corrected chi connectivity index (χ4v) is 1.95. The van der Waals surface area contributed by atoms with E-state index >= 15 is 0 Å². The molecule has 2 N–H and O–H groups in total. The summed E-state index contributed by atoms with van der Waals surface area (Å²) in [6, 6.07) is 8.50. The fourth-order valence-electron chi connectivity index (χ4n) is 1.75. The molecule has 5 nitrogen and oxygen atoms in total. The summed E-state index contributed by atoms with van der Waals surface area (Å²) < 4.78 is 0. The largest absolute Gasteiger partial charge is 0.506 e. The minimum atomic E-state index is -0.147. The summed E-state index contributed by atoms with van der Waals surface area (Å²) in [6.07, 6.45) is 1.39. The van der Waals surface area contributed by atoms with Crippen LogP contribution < -0.4 is 5.32 Å². The predicted molar refractivity (Wildman–Crippen MR) is 82.7 cm³/mol. The van der Waals surface area contributed by atoms with E-state index < -0.39 is 0 Å². The zero-order valence-corrected chi connectivity index (χ0v) is 12.6. The predicted octanol–water partition coefficient (Wildman–Crippen LogP) is 2.75. The SMILES string of the molecule is CN(C)C(=O)c1cc(NCc2ccc(O)cn2)ccc1Cl. The Bertz CT molecular complexity index is 642. The average Bonchev–Trinajstić information content (AvgIpc) is 2.47. The molecule has 0 aliphatic heterocycles. The van der Waals surface area contributed by atoms with Crippen LogP contribution in [0.25, 0.3) is 0 Å². The number of aromatic hydroxyl groups is 1. The third-order valence-corrected chi connectivity index (χ3v) is 3.22. The first-order valence-electron chi connectivity index (χ1n) is 6.36. The number of benzene rings is 1. The van der Waals surface area contributed by atoms with Crippen molar-refractivity contribution in [1.29, 1.82) is 0 Å². The third kappa shape index (κ3) is 3.86. The van der Waals surface area contributed by atoms with Gasteiger partial charge in [-0.05, 0) is 30.3 Å². The lowest BCUT2D eigenvalue weighted by Crippen LogP contribution is -2.22. The van der Waals surface area contributed by atoms with Crippen LogP contribution in [0, 0.1) is 0 Å². The normalized spacial score (nSPS) is 10.2. The van der Waals surface area contributed by atoms with Gasteiger partial charge in [0.2, 0.25) is 0 Å². The number of aromatic nitrogens is 1. The lowest BCUT2D eigenvalue weighted by molar-refractivity contribution is 0.0828. The maximum atomic E-state index is 12.0. The van der Waals surface area contributed by atoms with Crippen LogP contribution in [-0.2, 0) is 6.54 Å². The van der Waals surface area contributed by atoms with Gasteiger partial charge in [0.15, 0.2) is 0 Å². The van der Waals surface area contributed by atoms with Crippen molar-refractivity contribution < 1.29 is 9.90 Å². The molecule has 1 heterocycles. The van der Waals surface area contributed by atoms with E-state index in [1.807, 2.05) is 0 Å². The molecule has 0 atom stereocenters. The first-order chi connectivity index (χ1) is 9.97. The van der Waals surface area contributed by atoms with Crippen molar-refractivity contribution >= 4 is 23.2 Å². The van der Waals surface area contributed by atoms with Crippen LogP contribution in [0.5, 0.6) is 5.75 Å². The maximum Gasteiger partial charge on any atom is 0.254 e. The first-order valence-corrected chi connectivity index (χ1v) is 6.74. The highest BCUT2D eigenvalue weighted by molar-refractivity contribution is 6.34. The van der Waals surface area contributed by atoms with E-state index in [1.165, 1.54) is 11.1 Å². The lowest BCUT2D eigenvalue weighted by Gasteiger charge is -2.13. The maximum absolute atomic E-state index is 12.0. The highest BCUT2D eigenvalue weighted by Gasteiger charge is 2.13. The molecule has 0 aliphatic carbocycles. The van der Waals surface area contributed by atoms with Gasteiger partial charge in [0.25, 0.3) is 5.91 Å². The Kier molecular flexibility index (Phi) is 4.65. The molecule has 21 heavy (non-hydrogen) atoms. The number of hydrogen-bond acceptors (Lipinski definition) is 4. The minimum Gasteiger partial charge on any atom is -0.506 e. The van der Waals surface area contributed by atoms with Crippen molar-refractivity contribution in [3.05, 3.63) is 52.8 Å². The molecule has 1 amide bonds. The number of anilines is 1. The van der Waals surface area contributed by atoms with Crippen LogP contribution in [0.2, 0.25) is 5.02 Å². The third-order valence-electron chi connectivity index (χ3n) is 2.89. The molecule has 0 unspecified atom stereocenters. The monoisotopic (exact) mass is 305 g/mol. The van der Waals surface area contributed by atoms with E-state index in [1.54, 1.807) is 44.4 Å². The van der Waals surface area contributed by atoms with Gasteiger partial charge in [0.05, 0.1) is 29.0 Å². The zero-order valence-electron chi connectivity index (χ0n) is 11.8. The van der Waals surface area contributed by atoms with Crippen molar-refractivity contribution in [3.63, 3.8) is 0 Å². The average molecular weight is 306 g/mol. The van der Waals surface area contributed by atoms with E-state index in [0.29, 0.717) is 17.1 Å². The number of halogens is 1. The number of rotatable bonds is 4. The summed E-state index contributed by atoms with van der Waals surface area (Å²) in [7, 11) is 3.36. The van der Waals surface area contributed by atoms with Gasteiger partial charge in [-0.3, -0.25) is 9.78 Å². The molecule has 110 valence electrons. The molecular weight excluding hydrogens is 290 g/mol. The number of hydrogen-bond donors (Lipinski definition) is 2. The lowest BCUT2D eigenvalue weighted by atomic mass is 10.1. The minimum absolute atomic E-state index is 0.129. The Labute approximate surface area is 128 Å². The van der Waals surface area contributed by atoms with Crippen LogP contribution >= 0.6 is 11.6 Å². The van der Waals surface area contributed by atoms with Crippen LogP contribution in [0.4, 0.5) is 5.69 Å². The van der Waals surface area contributed by atoms with E-state index in [4.69, 9.17) is 11.6 Å². The number of pyridine rings is 1. The van der Waals surface area contributed by atoms with Crippen molar-refractivity contribution in [2.45, 2.75) is 6.54 Å². The van der Waals surface area contributed by atoms with Crippen LogP contribution in [0.15, 0.2) is 36.5 Å². The standard InChI is InChI=1S/C15H16ClN3O2/c1-19(2)15(21)13-7-10(4-6-14(13)16)17-8-11-3-5-12(20)9-18-11/h3-7,9,17,20H,8H2,1-2H3. The van der Waals surface area contributed by atoms with Gasteiger partial charge < -0.3 is 15.3 Å². The Morgan fingerprint density at radius 1 is 1.33 bits per heavy atom. The van der Waals surface area contributed by atoms with E-state index in [9.17, 15) is 9.90 Å². The second-order valence-corrected chi connectivity index (χ2v) is 5.16. The number of amides is 1. The summed E-state index contributed by atoms with van der Waals surface area (Å²) in [5.74, 6) is -0.0180. The fraction of sp³-hybridized carbons (Fsp3) is 0.200. The first kappa shape index (κ1) is 15.1. The van der Waals surface area contributed by atoms with Gasteiger partial charge in [-0.25, -0.2) is 0 Å². The highest BCUT2D eigenvalue weighted by Crippen LogP contribution is 2.22. The van der Waals surface area contributed by atoms with Gasteiger partial charge in [-0.15, -0.1) is 0 Å². The van der Waals surface area contributed by atoms with Crippen LogP contribution in [0.3, 0.4) is 0 Å². The molecule has 0 aliphatic rings. The molecule has 0 fully saturated rings. The summed E-state index contributed by atoms with van der Waals surface area (Å²) in [4.78, 5) is 17.6. The van der Waals surface area contributed by atoms with Gasteiger partial charge in [0, 0.05) is 19.8 Å². The van der Waals surface area contributed by atoms with Crippen molar-refractivity contribution in [1.82, 2.24) is 9.88 Å². The van der Waals surface area contributed by atoms with E-state index in [2.05, 4.69) is 10.3 Å². The Morgan fingerprint density at radius 2 is 2.10 bits per heavy atom. The second kappa shape index (κ2) is 6.45. The number of nitrogens with one attached hydrogen (secondary N) is 1. The van der Waals surface area contributed by atoms with Crippen molar-refractivity contribution in [3.8, 4) is 5.75 Å². The van der Waals surface area contributed by atoms with E-state index in [-0.39, 0.29) is 11.7 Å². The number of nitrogens with zero attached hydrogens (tertiary/aromatic N) is 2. The molecule has 0 saturated carbocycles. The molecule has 2 aromatic rings. The van der Waals surface area contributed by atoms with Gasteiger partial charge in [-0.2, -0.15) is 0 Å². The molecule has 2 rings (SSSR count). The molecule has 1 aromatic heterocycles. The zero-order chi connectivity index (χ0) is 15.4. The highest BCUT2D eigenvalue weighted by atomic mass is 35.5. The molecule has 0 spiro atoms. The summed E-state index contributed by atoms with van der Waals surface area (Å²) >= 11 is 6.05. The van der Waals surface area contributed by atoms with Gasteiger partial charge in [0.1, 0.15) is 5.75 Å². The van der Waals surface area contributed by atoms with Gasteiger partial charge >= 0.3 is 0 Å². The molecule has 1 aromatic carbocycles. The second-order valence-electron chi connectivity index (χ2n) is 4.76. The Hall–Kier alpha value is -2.27. The summed E-state index contributed by atoms with van der Waals surface area (Å²) in [5.41, 5.74) is 2.01. The molecule has 0 saturated heterocycles. The Morgan fingerprint density at radius 3 is 2.71 bits per heavy atom. The van der Waals surface area contributed by atoms with E-state index in [0.717, 1.165) is 11.4 Å². The van der Waals surface area contributed by atoms with Gasteiger partial charge in [-0.1, -0.05) is 11.6 Å². The number of carbonyl (C=O) groups excluding carboxylic acids is 1. The summed E-state index contributed by atoms with van der Waals surface area (Å²) in [5, 5.41) is 12.8. The Balaban J connectivity index is 2.12. The quantitative estimate of drug-likeness (QED) is 0.911. The molecule has 6 heteroatoms. The smallest absolute Gasteiger partial charge is 0.254 e. The molecule has 0 bridgehead atoms. The van der Waals surface area contributed by atoms with Crippen LogP contribution in [0.1, 0.15) is 16.1 Å².